The molecule has 1 rings (SSSR count). The second-order valence-electron chi connectivity index (χ2n) is 3.97. The van der Waals surface area contributed by atoms with E-state index >= 15 is 0 Å². The summed E-state index contributed by atoms with van der Waals surface area (Å²) >= 11 is 1.19. The highest BCUT2D eigenvalue weighted by atomic mass is 32.2. The van der Waals surface area contributed by atoms with Gasteiger partial charge in [0, 0.05) is 13.5 Å². The average molecular weight is 253 g/mol. The maximum atomic E-state index is 11.5. The van der Waals surface area contributed by atoms with Crippen LogP contribution in [-0.4, -0.2) is 23.2 Å². The van der Waals surface area contributed by atoms with E-state index in [2.05, 4.69) is 10.3 Å². The van der Waals surface area contributed by atoms with Gasteiger partial charge in [0.25, 0.3) is 0 Å². The Morgan fingerprint density at radius 3 is 2.94 bits per heavy atom. The highest BCUT2D eigenvalue weighted by Gasteiger charge is 2.13. The number of thioether (sulfide) groups is 1. The van der Waals surface area contributed by atoms with Crippen LogP contribution in [0.25, 0.3) is 0 Å². The molecule has 1 N–H and O–H groups in total. The third-order valence-electron chi connectivity index (χ3n) is 1.85. The molecule has 0 fully saturated rings. The summed E-state index contributed by atoms with van der Waals surface area (Å²) in [7, 11) is 0. The van der Waals surface area contributed by atoms with Gasteiger partial charge >= 0.3 is 0 Å². The number of carbonyl (C=O) groups is 1. The van der Waals surface area contributed by atoms with Gasteiger partial charge in [-0.25, -0.2) is 4.98 Å². The Bertz CT molecular complexity index is 434. The first-order valence-electron chi connectivity index (χ1n) is 5.30. The maximum Gasteiger partial charge on any atom is 0.230 e. The minimum absolute atomic E-state index is 0.0679. The van der Waals surface area contributed by atoms with E-state index in [-0.39, 0.29) is 17.4 Å². The summed E-state index contributed by atoms with van der Waals surface area (Å²) in [4.78, 5) is 15.4. The topological polar surface area (TPSA) is 78.9 Å². The molecule has 0 unspecified atom stereocenters. The number of nitrogens with zero attached hydrogens (tertiary/aromatic N) is 2. The summed E-state index contributed by atoms with van der Waals surface area (Å²) in [6, 6.07) is 1.93. The Labute approximate surface area is 105 Å². The fourth-order valence-corrected chi connectivity index (χ4v) is 1.85. The third kappa shape index (κ3) is 4.49. The number of amides is 1. The molecule has 92 valence electrons. The van der Waals surface area contributed by atoms with Crippen LogP contribution >= 0.6 is 11.8 Å². The van der Waals surface area contributed by atoms with Crippen molar-refractivity contribution in [3.8, 4) is 6.07 Å². The van der Waals surface area contributed by atoms with Crippen molar-refractivity contribution in [2.24, 2.45) is 5.92 Å². The van der Waals surface area contributed by atoms with Crippen molar-refractivity contribution in [2.45, 2.75) is 25.9 Å². The second-order valence-corrected chi connectivity index (χ2v) is 4.92. The van der Waals surface area contributed by atoms with E-state index in [4.69, 9.17) is 9.68 Å². The minimum atomic E-state index is -0.0679. The molecule has 0 aliphatic heterocycles. The van der Waals surface area contributed by atoms with E-state index in [1.165, 1.54) is 11.8 Å². The van der Waals surface area contributed by atoms with Gasteiger partial charge in [-0.15, -0.1) is 0 Å². The lowest BCUT2D eigenvalue weighted by atomic mass is 10.2. The molecule has 0 atom stereocenters. The van der Waals surface area contributed by atoms with Gasteiger partial charge < -0.3 is 9.73 Å². The van der Waals surface area contributed by atoms with E-state index in [1.807, 2.05) is 19.9 Å². The Morgan fingerprint density at radius 1 is 1.65 bits per heavy atom. The molecule has 0 radical (unpaired) electrons. The number of aryl methyl sites for hydroxylation is 1. The van der Waals surface area contributed by atoms with Gasteiger partial charge in [-0.2, -0.15) is 5.26 Å². The first-order chi connectivity index (χ1) is 8.02. The molecule has 0 aromatic carbocycles. The lowest BCUT2D eigenvalue weighted by Crippen LogP contribution is -2.28. The predicted molar refractivity (Wildman–Crippen MR) is 64.5 cm³/mol. The zero-order valence-electron chi connectivity index (χ0n) is 10.1. The van der Waals surface area contributed by atoms with Crippen molar-refractivity contribution in [1.29, 1.82) is 5.26 Å². The van der Waals surface area contributed by atoms with Crippen LogP contribution < -0.4 is 5.32 Å². The number of aromatic nitrogens is 1. The molecular weight excluding hydrogens is 238 g/mol. The van der Waals surface area contributed by atoms with Crippen molar-refractivity contribution in [1.82, 2.24) is 10.3 Å². The summed E-state index contributed by atoms with van der Waals surface area (Å²) in [5.74, 6) is 1.02. The molecule has 1 heterocycles. The predicted octanol–water partition coefficient (Wildman–Crippen LogP) is 1.72. The summed E-state index contributed by atoms with van der Waals surface area (Å²) in [6.07, 6.45) is 0. The third-order valence-corrected chi connectivity index (χ3v) is 2.80. The number of oxazole rings is 1. The maximum absolute atomic E-state index is 11.5. The number of hydrogen-bond acceptors (Lipinski definition) is 5. The molecule has 0 spiro atoms. The fraction of sp³-hybridized carbons (Fsp3) is 0.545. The Hall–Kier alpha value is -1.48. The van der Waals surface area contributed by atoms with Gasteiger partial charge in [0.1, 0.15) is 6.07 Å². The van der Waals surface area contributed by atoms with E-state index in [0.717, 1.165) is 0 Å². The van der Waals surface area contributed by atoms with Crippen LogP contribution in [0.3, 0.4) is 0 Å². The molecule has 1 aromatic heterocycles. The van der Waals surface area contributed by atoms with Gasteiger partial charge in [0.2, 0.25) is 5.91 Å². The monoisotopic (exact) mass is 253 g/mol. The summed E-state index contributed by atoms with van der Waals surface area (Å²) in [5.41, 5.74) is 0.240. The van der Waals surface area contributed by atoms with Crippen molar-refractivity contribution in [2.75, 3.05) is 12.3 Å². The van der Waals surface area contributed by atoms with E-state index < -0.39 is 0 Å². The van der Waals surface area contributed by atoms with Crippen molar-refractivity contribution < 1.29 is 9.21 Å². The van der Waals surface area contributed by atoms with Gasteiger partial charge in [-0.3, -0.25) is 4.79 Å². The van der Waals surface area contributed by atoms with Gasteiger partial charge in [0.15, 0.2) is 16.7 Å². The smallest absolute Gasteiger partial charge is 0.230 e. The van der Waals surface area contributed by atoms with Crippen LogP contribution in [0, 0.1) is 24.2 Å². The number of nitriles is 1. The fourth-order valence-electron chi connectivity index (χ4n) is 1.08. The average Bonchev–Trinajstić information content (AvgIpc) is 2.64. The lowest BCUT2D eigenvalue weighted by molar-refractivity contribution is -0.118. The molecule has 0 saturated carbocycles. The van der Waals surface area contributed by atoms with Crippen LogP contribution in [0.2, 0.25) is 0 Å². The van der Waals surface area contributed by atoms with Crippen LogP contribution in [0.1, 0.15) is 25.4 Å². The van der Waals surface area contributed by atoms with Crippen LogP contribution in [0.5, 0.6) is 0 Å². The van der Waals surface area contributed by atoms with E-state index in [1.54, 1.807) is 6.92 Å². The molecule has 17 heavy (non-hydrogen) atoms. The Morgan fingerprint density at radius 2 is 2.35 bits per heavy atom. The zero-order chi connectivity index (χ0) is 12.8. The van der Waals surface area contributed by atoms with Crippen LogP contribution in [0.15, 0.2) is 9.51 Å². The van der Waals surface area contributed by atoms with Crippen molar-refractivity contribution >= 4 is 17.7 Å². The highest BCUT2D eigenvalue weighted by Crippen LogP contribution is 2.22. The number of hydrogen-bond donors (Lipinski definition) is 1. The molecule has 0 saturated heterocycles. The standard InChI is InChI=1S/C11H15N3O2S/c1-7(2)5-13-10(15)6-17-11-9(4-12)14-8(3)16-11/h7H,5-6H2,1-3H3,(H,13,15). The largest absolute Gasteiger partial charge is 0.433 e. The summed E-state index contributed by atoms with van der Waals surface area (Å²) < 4.78 is 5.23. The normalized spacial score (nSPS) is 10.3. The molecule has 5 nitrogen and oxygen atoms in total. The van der Waals surface area contributed by atoms with E-state index in [9.17, 15) is 4.79 Å². The van der Waals surface area contributed by atoms with E-state index in [0.29, 0.717) is 23.4 Å². The lowest BCUT2D eigenvalue weighted by Gasteiger charge is -2.06. The molecule has 0 aliphatic carbocycles. The summed E-state index contributed by atoms with van der Waals surface area (Å²) in [6.45, 7) is 6.38. The second kappa shape index (κ2) is 6.30. The Kier molecular flexibility index (Phi) is 5.04. The molecule has 0 bridgehead atoms. The number of nitrogens with one attached hydrogen (secondary N) is 1. The quantitative estimate of drug-likeness (QED) is 0.808. The zero-order valence-corrected chi connectivity index (χ0v) is 10.9. The summed E-state index contributed by atoms with van der Waals surface area (Å²) in [5, 5.41) is 12.0. The minimum Gasteiger partial charge on any atom is -0.433 e. The molecule has 0 aliphatic rings. The SMILES string of the molecule is Cc1nc(C#N)c(SCC(=O)NCC(C)C)o1. The molecule has 1 amide bonds. The molecule has 1 aromatic rings. The van der Waals surface area contributed by atoms with Gasteiger partial charge in [0.05, 0.1) is 5.75 Å². The van der Waals surface area contributed by atoms with Gasteiger partial charge in [-0.1, -0.05) is 25.6 Å². The first-order valence-corrected chi connectivity index (χ1v) is 6.28. The van der Waals surface area contributed by atoms with Gasteiger partial charge in [-0.05, 0) is 5.92 Å². The Balaban J connectivity index is 2.45. The van der Waals surface area contributed by atoms with Crippen LogP contribution in [0.4, 0.5) is 0 Å². The highest BCUT2D eigenvalue weighted by molar-refractivity contribution is 7.99. The molecular formula is C11H15N3O2S. The number of carbonyl (C=O) groups excluding carboxylic acids is 1. The molecule has 6 heteroatoms. The van der Waals surface area contributed by atoms with Crippen LogP contribution in [-0.2, 0) is 4.79 Å². The first kappa shape index (κ1) is 13.6. The van der Waals surface area contributed by atoms with Crippen molar-refractivity contribution in [3.05, 3.63) is 11.6 Å². The number of rotatable bonds is 5. The van der Waals surface area contributed by atoms with Crippen molar-refractivity contribution in [3.63, 3.8) is 0 Å².